The molecule has 9 heteroatoms. The lowest BCUT2D eigenvalue weighted by atomic mass is 9.95. The van der Waals surface area contributed by atoms with Crippen LogP contribution in [0.4, 0.5) is 0 Å². The lowest BCUT2D eigenvalue weighted by Gasteiger charge is -2.26. The van der Waals surface area contributed by atoms with Gasteiger partial charge in [-0.05, 0) is 37.5 Å². The molecule has 1 amide bonds. The van der Waals surface area contributed by atoms with Crippen molar-refractivity contribution in [1.82, 2.24) is 14.6 Å². The Morgan fingerprint density at radius 1 is 1.40 bits per heavy atom. The van der Waals surface area contributed by atoms with Gasteiger partial charge in [-0.15, -0.1) is 11.3 Å². The lowest BCUT2D eigenvalue weighted by molar-refractivity contribution is 0.0305. The summed E-state index contributed by atoms with van der Waals surface area (Å²) in [6.07, 6.45) is 2.48. The molecule has 1 aliphatic heterocycles. The Morgan fingerprint density at radius 2 is 2.20 bits per heavy atom. The molecule has 1 fully saturated rings. The number of benzene rings is 1. The van der Waals surface area contributed by atoms with E-state index < -0.39 is 15.6 Å². The number of nitrogens with one attached hydrogen (secondary N) is 1. The fraction of sp³-hybridized carbons (Fsp3) is 0.500. The summed E-state index contributed by atoms with van der Waals surface area (Å²) < 4.78 is 25.8. The molecule has 136 valence electrons. The van der Waals surface area contributed by atoms with E-state index in [9.17, 15) is 18.3 Å². The predicted molar refractivity (Wildman–Crippen MR) is 97.2 cm³/mol. The van der Waals surface area contributed by atoms with Crippen molar-refractivity contribution >= 4 is 37.5 Å². The van der Waals surface area contributed by atoms with Crippen molar-refractivity contribution < 1.29 is 18.3 Å². The number of hydrogen-bond acceptors (Lipinski definition) is 6. The van der Waals surface area contributed by atoms with E-state index in [1.165, 1.54) is 11.3 Å². The van der Waals surface area contributed by atoms with Gasteiger partial charge in [0.05, 0.1) is 27.6 Å². The van der Waals surface area contributed by atoms with E-state index in [0.29, 0.717) is 37.9 Å². The fourth-order valence-electron chi connectivity index (χ4n) is 2.99. The van der Waals surface area contributed by atoms with E-state index in [1.54, 1.807) is 16.5 Å². The second-order valence-electron chi connectivity index (χ2n) is 6.50. The molecule has 2 heterocycles. The molecular formula is C16H21N3O4S2. The van der Waals surface area contributed by atoms with E-state index >= 15 is 0 Å². The molecule has 2 N–H and O–H groups in total. The van der Waals surface area contributed by atoms with Gasteiger partial charge in [0.15, 0.2) is 0 Å². The zero-order chi connectivity index (χ0) is 18.1. The maximum absolute atomic E-state index is 12.8. The molecule has 1 aliphatic rings. The highest BCUT2D eigenvalue weighted by atomic mass is 32.2. The van der Waals surface area contributed by atoms with Crippen LogP contribution in [0.25, 0.3) is 10.2 Å². The zero-order valence-corrected chi connectivity index (χ0v) is 15.6. The molecule has 3 rings (SSSR count). The number of amides is 1. The van der Waals surface area contributed by atoms with Crippen molar-refractivity contribution in [3.05, 3.63) is 29.3 Å². The summed E-state index contributed by atoms with van der Waals surface area (Å²) >= 11 is 1.49. The molecule has 7 nitrogen and oxygen atoms in total. The van der Waals surface area contributed by atoms with Crippen molar-refractivity contribution in [2.45, 2.75) is 24.9 Å². The van der Waals surface area contributed by atoms with Gasteiger partial charge >= 0.3 is 0 Å². The van der Waals surface area contributed by atoms with Crippen molar-refractivity contribution in [1.29, 1.82) is 0 Å². The summed E-state index contributed by atoms with van der Waals surface area (Å²) in [6.45, 7) is 0.906. The van der Waals surface area contributed by atoms with Crippen molar-refractivity contribution in [3.63, 3.8) is 0 Å². The SMILES string of the molecule is CS(=O)(=O)NCC1(O)CCCN(C(=O)c2ccc3ncsc3c2)CC1. The molecule has 25 heavy (non-hydrogen) atoms. The zero-order valence-electron chi connectivity index (χ0n) is 13.9. The second-order valence-corrected chi connectivity index (χ2v) is 9.22. The first kappa shape index (κ1) is 18.2. The Labute approximate surface area is 150 Å². The van der Waals surface area contributed by atoms with Crippen LogP contribution in [0.2, 0.25) is 0 Å². The van der Waals surface area contributed by atoms with E-state index in [2.05, 4.69) is 9.71 Å². The van der Waals surface area contributed by atoms with Crippen LogP contribution in [0.3, 0.4) is 0 Å². The molecule has 0 aliphatic carbocycles. The number of nitrogens with zero attached hydrogens (tertiary/aromatic N) is 2. The Kier molecular flexibility index (Phi) is 5.10. The summed E-state index contributed by atoms with van der Waals surface area (Å²) in [4.78, 5) is 18.7. The van der Waals surface area contributed by atoms with Gasteiger partial charge in [0.25, 0.3) is 5.91 Å². The number of aliphatic hydroxyl groups is 1. The monoisotopic (exact) mass is 383 g/mol. The molecule has 1 aromatic carbocycles. The van der Waals surface area contributed by atoms with Gasteiger partial charge < -0.3 is 10.0 Å². The number of fused-ring (bicyclic) bond motifs is 1. The smallest absolute Gasteiger partial charge is 0.253 e. The van der Waals surface area contributed by atoms with E-state index in [0.717, 1.165) is 16.5 Å². The molecule has 1 aromatic heterocycles. The molecule has 0 saturated carbocycles. The summed E-state index contributed by atoms with van der Waals surface area (Å²) in [6, 6.07) is 5.45. The summed E-state index contributed by atoms with van der Waals surface area (Å²) in [5.74, 6) is -0.0735. The van der Waals surface area contributed by atoms with Gasteiger partial charge in [0, 0.05) is 25.2 Å². The molecule has 0 spiro atoms. The summed E-state index contributed by atoms with van der Waals surface area (Å²) in [5, 5.41) is 10.6. The Balaban J connectivity index is 1.68. The van der Waals surface area contributed by atoms with Crippen LogP contribution >= 0.6 is 11.3 Å². The van der Waals surface area contributed by atoms with Gasteiger partial charge in [-0.25, -0.2) is 18.1 Å². The minimum Gasteiger partial charge on any atom is -0.388 e. The molecule has 0 radical (unpaired) electrons. The third-order valence-corrected chi connectivity index (χ3v) is 5.91. The minimum atomic E-state index is -3.36. The van der Waals surface area contributed by atoms with E-state index in [-0.39, 0.29) is 12.5 Å². The highest BCUT2D eigenvalue weighted by Gasteiger charge is 2.32. The molecule has 1 atom stereocenters. The summed E-state index contributed by atoms with van der Waals surface area (Å²) in [7, 11) is -3.36. The van der Waals surface area contributed by atoms with Gasteiger partial charge in [0.1, 0.15) is 0 Å². The van der Waals surface area contributed by atoms with Crippen LogP contribution in [0.1, 0.15) is 29.6 Å². The van der Waals surface area contributed by atoms with Crippen LogP contribution in [0, 0.1) is 0 Å². The van der Waals surface area contributed by atoms with E-state index in [1.807, 2.05) is 12.1 Å². The maximum atomic E-state index is 12.8. The largest absolute Gasteiger partial charge is 0.388 e. The van der Waals surface area contributed by atoms with Crippen molar-refractivity contribution in [3.8, 4) is 0 Å². The average Bonchev–Trinajstić information content (AvgIpc) is 2.94. The highest BCUT2D eigenvalue weighted by Crippen LogP contribution is 2.24. The van der Waals surface area contributed by atoms with Gasteiger partial charge in [-0.2, -0.15) is 0 Å². The maximum Gasteiger partial charge on any atom is 0.253 e. The third-order valence-electron chi connectivity index (χ3n) is 4.45. The number of carbonyl (C=O) groups excluding carboxylic acids is 1. The van der Waals surface area contributed by atoms with Crippen LogP contribution < -0.4 is 4.72 Å². The quantitative estimate of drug-likeness (QED) is 0.826. The predicted octanol–water partition coefficient (Wildman–Crippen LogP) is 1.20. The standard InChI is InChI=1S/C16H21N3O4S2/c1-25(22,23)18-10-16(21)5-2-7-19(8-6-16)15(20)12-3-4-13-14(9-12)24-11-17-13/h3-4,9,11,18,21H,2,5-8,10H2,1H3. The molecule has 2 aromatic rings. The highest BCUT2D eigenvalue weighted by molar-refractivity contribution is 7.88. The van der Waals surface area contributed by atoms with Crippen LogP contribution in [0.5, 0.6) is 0 Å². The van der Waals surface area contributed by atoms with Gasteiger partial charge in [-0.3, -0.25) is 4.79 Å². The van der Waals surface area contributed by atoms with Crippen LogP contribution in [-0.2, 0) is 10.0 Å². The lowest BCUT2D eigenvalue weighted by Crippen LogP contribution is -2.43. The Morgan fingerprint density at radius 3 is 2.96 bits per heavy atom. The number of thiazole rings is 1. The first-order valence-corrected chi connectivity index (χ1v) is 10.8. The Hall–Kier alpha value is -1.55. The Bertz CT molecular complexity index is 880. The normalized spacial score (nSPS) is 22.1. The van der Waals surface area contributed by atoms with Crippen molar-refractivity contribution in [2.75, 3.05) is 25.9 Å². The number of likely N-dealkylation sites (tertiary alicyclic amines) is 1. The van der Waals surface area contributed by atoms with Crippen molar-refractivity contribution in [2.24, 2.45) is 0 Å². The number of aromatic nitrogens is 1. The second kappa shape index (κ2) is 6.99. The fourth-order valence-corrected chi connectivity index (χ4v) is 4.24. The molecule has 1 unspecified atom stereocenters. The van der Waals surface area contributed by atoms with Gasteiger partial charge in [0.2, 0.25) is 10.0 Å². The molecule has 1 saturated heterocycles. The average molecular weight is 383 g/mol. The number of carbonyl (C=O) groups is 1. The molecular weight excluding hydrogens is 362 g/mol. The first-order chi connectivity index (χ1) is 11.8. The topological polar surface area (TPSA) is 99.6 Å². The molecule has 0 bridgehead atoms. The van der Waals surface area contributed by atoms with Crippen LogP contribution in [-0.4, -0.2) is 60.8 Å². The summed E-state index contributed by atoms with van der Waals surface area (Å²) in [5.41, 5.74) is 2.11. The number of sulfonamides is 1. The van der Waals surface area contributed by atoms with Gasteiger partial charge in [-0.1, -0.05) is 0 Å². The van der Waals surface area contributed by atoms with E-state index in [4.69, 9.17) is 0 Å². The minimum absolute atomic E-state index is 0.0271. The third kappa shape index (κ3) is 4.55. The first-order valence-electron chi connectivity index (χ1n) is 8.05. The number of rotatable bonds is 4. The van der Waals surface area contributed by atoms with Crippen LogP contribution in [0.15, 0.2) is 23.7 Å². The number of hydrogen-bond donors (Lipinski definition) is 2.